The molecule has 0 bridgehead atoms. The van der Waals surface area contributed by atoms with E-state index in [1.54, 1.807) is 6.20 Å². The van der Waals surface area contributed by atoms with Crippen LogP contribution in [0, 0.1) is 0 Å². The van der Waals surface area contributed by atoms with Gasteiger partial charge in [0.15, 0.2) is 0 Å². The zero-order valence-electron chi connectivity index (χ0n) is 22.2. The molecule has 2 aliphatic heterocycles. The minimum atomic E-state index is -5.08. The molecule has 246 valence electrons. The summed E-state index contributed by atoms with van der Waals surface area (Å²) in [5.74, 6) is -5.95. The van der Waals surface area contributed by atoms with E-state index in [1.807, 2.05) is 24.5 Å². The Morgan fingerprint density at radius 1 is 0.822 bits per heavy atom. The van der Waals surface area contributed by atoms with E-state index in [1.165, 1.54) is 12.8 Å². The number of pyridine rings is 2. The van der Waals surface area contributed by atoms with Crippen molar-refractivity contribution in [2.75, 3.05) is 18.4 Å². The summed E-state index contributed by atoms with van der Waals surface area (Å²) in [5.41, 5.74) is 5.08. The molecule has 45 heavy (non-hydrogen) atoms. The summed E-state index contributed by atoms with van der Waals surface area (Å²) in [5, 5.41) is 28.2. The number of aromatic amines is 1. The Balaban J connectivity index is 0.000000277. The van der Waals surface area contributed by atoms with E-state index >= 15 is 0 Å². The first-order valence-electron chi connectivity index (χ1n) is 12.1. The minimum Gasteiger partial charge on any atom is -0.475 e. The van der Waals surface area contributed by atoms with Crippen molar-refractivity contribution in [1.29, 1.82) is 0 Å². The Bertz CT molecular complexity index is 1370. The molecule has 3 aromatic rings. The largest absolute Gasteiger partial charge is 0.490 e. The van der Waals surface area contributed by atoms with Gasteiger partial charge in [-0.15, -0.1) is 0 Å². The standard InChI is InChI=1S/C18H18N6.3C2HF3O2/c1-3-11(9-19-6-1)17-23-15-12-5-8-20-10-14(12)22-18-13(16(15)24-17)4-2-7-21-18;3*3-2(4,5)1(6)7/h2,4-5,7-8,10-11,19H,1,3,6,9H2,(H,21,22)(H,23,24);3*(H,6,7). The van der Waals surface area contributed by atoms with Gasteiger partial charge in [0.25, 0.3) is 0 Å². The van der Waals surface area contributed by atoms with Crippen molar-refractivity contribution < 1.29 is 69.2 Å². The molecule has 1 atom stereocenters. The van der Waals surface area contributed by atoms with Crippen molar-refractivity contribution in [1.82, 2.24) is 25.3 Å². The molecule has 12 nitrogen and oxygen atoms in total. The Labute approximate surface area is 245 Å². The topological polar surface area (TPSA) is 190 Å². The first-order chi connectivity index (χ1) is 20.7. The van der Waals surface area contributed by atoms with Crippen LogP contribution in [0.2, 0.25) is 0 Å². The van der Waals surface area contributed by atoms with Crippen LogP contribution in [0.15, 0.2) is 36.8 Å². The number of carbonyl (C=O) groups is 3. The molecule has 0 aliphatic carbocycles. The number of rotatable bonds is 1. The van der Waals surface area contributed by atoms with Crippen molar-refractivity contribution in [3.8, 4) is 22.5 Å². The SMILES string of the molecule is O=C(O)C(F)(F)F.O=C(O)C(F)(F)F.O=C(O)C(F)(F)F.c1cnc2c(c1)-c1nc(C3CCCNC3)[nH]c1-c1ccncc1N2. The zero-order chi connectivity index (χ0) is 34.2. The number of fused-ring (bicyclic) bond motifs is 5. The van der Waals surface area contributed by atoms with E-state index < -0.39 is 36.4 Å². The third-order valence-electron chi connectivity index (χ3n) is 5.54. The van der Waals surface area contributed by atoms with Crippen LogP contribution in [-0.4, -0.2) is 84.8 Å². The van der Waals surface area contributed by atoms with Gasteiger partial charge in [0.1, 0.15) is 17.3 Å². The Morgan fingerprint density at radius 3 is 1.87 bits per heavy atom. The van der Waals surface area contributed by atoms with E-state index in [0.29, 0.717) is 5.92 Å². The quantitative estimate of drug-likeness (QED) is 0.151. The zero-order valence-corrected chi connectivity index (χ0v) is 22.2. The average Bonchev–Trinajstić information content (AvgIpc) is 3.34. The first kappa shape index (κ1) is 36.2. The molecule has 1 fully saturated rings. The molecule has 1 saturated heterocycles. The third kappa shape index (κ3) is 10.6. The molecule has 3 aromatic heterocycles. The van der Waals surface area contributed by atoms with E-state index in [4.69, 9.17) is 34.7 Å². The second-order valence-corrected chi connectivity index (χ2v) is 8.74. The Morgan fingerprint density at radius 2 is 1.38 bits per heavy atom. The number of anilines is 2. The number of hydrogen-bond acceptors (Lipinski definition) is 8. The smallest absolute Gasteiger partial charge is 0.475 e. The van der Waals surface area contributed by atoms with Crippen molar-refractivity contribution in [2.24, 2.45) is 0 Å². The molecule has 2 aliphatic rings. The van der Waals surface area contributed by atoms with Crippen LogP contribution in [-0.2, 0) is 14.4 Å². The number of nitrogens with one attached hydrogen (secondary N) is 3. The summed E-state index contributed by atoms with van der Waals surface area (Å²) in [7, 11) is 0. The molecule has 6 N–H and O–H groups in total. The summed E-state index contributed by atoms with van der Waals surface area (Å²) in [6.45, 7) is 2.08. The fourth-order valence-corrected chi connectivity index (χ4v) is 3.60. The summed E-state index contributed by atoms with van der Waals surface area (Å²) in [6.07, 6.45) is -7.44. The van der Waals surface area contributed by atoms with E-state index in [9.17, 15) is 39.5 Å². The van der Waals surface area contributed by atoms with Gasteiger partial charge in [-0.3, -0.25) is 4.98 Å². The molecular formula is C24H21F9N6O6. The predicted octanol–water partition coefficient (Wildman–Crippen LogP) is 4.96. The summed E-state index contributed by atoms with van der Waals surface area (Å²) < 4.78 is 95.2. The van der Waals surface area contributed by atoms with Gasteiger partial charge in [0.05, 0.1) is 17.6 Å². The van der Waals surface area contributed by atoms with Crippen LogP contribution >= 0.6 is 0 Å². The van der Waals surface area contributed by atoms with Crippen LogP contribution < -0.4 is 10.6 Å². The molecule has 0 saturated carbocycles. The number of aromatic nitrogens is 4. The van der Waals surface area contributed by atoms with Crippen LogP contribution in [0.5, 0.6) is 0 Å². The number of carboxylic acid groups (broad SMARTS) is 3. The number of carboxylic acids is 3. The van der Waals surface area contributed by atoms with Gasteiger partial charge in [-0.05, 0) is 37.6 Å². The Kier molecular flexibility index (Phi) is 11.8. The minimum absolute atomic E-state index is 0.434. The van der Waals surface area contributed by atoms with Crippen molar-refractivity contribution in [3.05, 3.63) is 42.6 Å². The third-order valence-corrected chi connectivity index (χ3v) is 5.54. The van der Waals surface area contributed by atoms with E-state index in [0.717, 1.165) is 52.9 Å². The lowest BCUT2D eigenvalue weighted by atomic mass is 9.99. The van der Waals surface area contributed by atoms with Gasteiger partial charge < -0.3 is 30.9 Å². The normalized spacial score (nSPS) is 15.3. The lowest BCUT2D eigenvalue weighted by molar-refractivity contribution is -0.193. The second-order valence-electron chi connectivity index (χ2n) is 8.74. The van der Waals surface area contributed by atoms with Gasteiger partial charge in [-0.25, -0.2) is 24.4 Å². The van der Waals surface area contributed by atoms with Gasteiger partial charge in [-0.2, -0.15) is 39.5 Å². The maximum Gasteiger partial charge on any atom is 0.490 e. The maximum atomic E-state index is 10.6. The highest BCUT2D eigenvalue weighted by Gasteiger charge is 2.39. The van der Waals surface area contributed by atoms with E-state index in [2.05, 4.69) is 31.7 Å². The fourth-order valence-electron chi connectivity index (χ4n) is 3.60. The molecule has 0 amide bonds. The number of alkyl halides is 9. The number of imidazole rings is 1. The van der Waals surface area contributed by atoms with Crippen LogP contribution in [0.1, 0.15) is 24.6 Å². The lowest BCUT2D eigenvalue weighted by Gasteiger charge is -2.20. The molecular weight excluding hydrogens is 639 g/mol. The average molecular weight is 660 g/mol. The highest BCUT2D eigenvalue weighted by molar-refractivity contribution is 5.94. The Hall–Kier alpha value is -4.95. The van der Waals surface area contributed by atoms with Crippen LogP contribution in [0.25, 0.3) is 22.5 Å². The maximum absolute atomic E-state index is 10.6. The summed E-state index contributed by atoms with van der Waals surface area (Å²) in [4.78, 5) is 44.0. The summed E-state index contributed by atoms with van der Waals surface area (Å²) >= 11 is 0. The van der Waals surface area contributed by atoms with Crippen molar-refractivity contribution in [3.63, 3.8) is 0 Å². The van der Waals surface area contributed by atoms with E-state index in [-0.39, 0.29) is 0 Å². The van der Waals surface area contributed by atoms with Gasteiger partial charge in [0.2, 0.25) is 0 Å². The van der Waals surface area contributed by atoms with Crippen LogP contribution in [0.4, 0.5) is 51.0 Å². The van der Waals surface area contributed by atoms with Crippen LogP contribution in [0.3, 0.4) is 0 Å². The molecule has 5 rings (SSSR count). The predicted molar refractivity (Wildman–Crippen MR) is 134 cm³/mol. The number of aliphatic carboxylic acids is 3. The molecule has 0 radical (unpaired) electrons. The number of halogens is 9. The molecule has 0 spiro atoms. The molecule has 5 heterocycles. The first-order valence-corrected chi connectivity index (χ1v) is 12.1. The second kappa shape index (κ2) is 14.7. The van der Waals surface area contributed by atoms with Crippen molar-refractivity contribution >= 4 is 29.4 Å². The van der Waals surface area contributed by atoms with Gasteiger partial charge in [-0.1, -0.05) is 0 Å². The highest BCUT2D eigenvalue weighted by atomic mass is 19.4. The lowest BCUT2D eigenvalue weighted by Crippen LogP contribution is -2.28. The number of piperidine rings is 1. The molecule has 21 heteroatoms. The highest BCUT2D eigenvalue weighted by Crippen LogP contribution is 2.42. The molecule has 0 aromatic carbocycles. The number of nitrogens with zero attached hydrogens (tertiary/aromatic N) is 3. The fraction of sp³-hybridized carbons (Fsp3) is 0.333. The summed E-state index contributed by atoms with van der Waals surface area (Å²) in [6, 6.07) is 6.04. The monoisotopic (exact) mass is 660 g/mol. The van der Waals surface area contributed by atoms with Crippen molar-refractivity contribution in [2.45, 2.75) is 37.3 Å². The van der Waals surface area contributed by atoms with Gasteiger partial charge in [0, 0.05) is 36.0 Å². The number of H-pyrrole nitrogens is 1. The van der Waals surface area contributed by atoms with Gasteiger partial charge >= 0.3 is 36.4 Å². The molecule has 1 unspecified atom stereocenters. The number of hydrogen-bond donors (Lipinski definition) is 6.